The first-order chi connectivity index (χ1) is 13.3. The standard InChI is InChI=1S/C20H19NO6S/c1-4-26-20(22)10-7-15-11-19(18(25-3)12-16(15)13-21)27-28(23,24)17-8-5-14(2)6-9-17/h5-12H,4H2,1-3H3/b10-7+. The van der Waals surface area contributed by atoms with Gasteiger partial charge in [-0.25, -0.2) is 4.79 Å². The highest BCUT2D eigenvalue weighted by molar-refractivity contribution is 7.87. The van der Waals surface area contributed by atoms with Crippen LogP contribution in [-0.4, -0.2) is 28.1 Å². The molecule has 0 amide bonds. The van der Waals surface area contributed by atoms with Crippen molar-refractivity contribution in [2.45, 2.75) is 18.7 Å². The van der Waals surface area contributed by atoms with E-state index in [0.717, 1.165) is 11.6 Å². The van der Waals surface area contributed by atoms with E-state index in [-0.39, 0.29) is 34.1 Å². The molecule has 2 rings (SSSR count). The van der Waals surface area contributed by atoms with Crippen molar-refractivity contribution >= 4 is 22.2 Å². The third kappa shape index (κ3) is 5.11. The molecular formula is C20H19NO6S. The Balaban J connectivity index is 2.45. The maximum atomic E-state index is 12.6. The fraction of sp³-hybridized carbons (Fsp3) is 0.200. The number of nitriles is 1. The highest BCUT2D eigenvalue weighted by atomic mass is 32.2. The molecule has 28 heavy (non-hydrogen) atoms. The average Bonchev–Trinajstić information content (AvgIpc) is 2.66. The van der Waals surface area contributed by atoms with Crippen LogP contribution in [0.1, 0.15) is 23.6 Å². The summed E-state index contributed by atoms with van der Waals surface area (Å²) >= 11 is 0. The van der Waals surface area contributed by atoms with Crippen LogP contribution in [0.3, 0.4) is 0 Å². The second-order valence-electron chi connectivity index (χ2n) is 5.64. The van der Waals surface area contributed by atoms with E-state index in [1.54, 1.807) is 19.1 Å². The lowest BCUT2D eigenvalue weighted by Gasteiger charge is -2.12. The van der Waals surface area contributed by atoms with E-state index >= 15 is 0 Å². The Morgan fingerprint density at radius 1 is 1.18 bits per heavy atom. The number of rotatable bonds is 7. The van der Waals surface area contributed by atoms with Crippen LogP contribution in [0, 0.1) is 18.3 Å². The normalized spacial score (nSPS) is 11.1. The van der Waals surface area contributed by atoms with Gasteiger partial charge < -0.3 is 13.7 Å². The zero-order valence-corrected chi connectivity index (χ0v) is 16.4. The van der Waals surface area contributed by atoms with Crippen LogP contribution in [-0.2, 0) is 19.6 Å². The smallest absolute Gasteiger partial charge is 0.339 e. The van der Waals surface area contributed by atoms with Crippen molar-refractivity contribution in [1.82, 2.24) is 0 Å². The number of benzene rings is 2. The van der Waals surface area contributed by atoms with Gasteiger partial charge in [-0.1, -0.05) is 17.7 Å². The summed E-state index contributed by atoms with van der Waals surface area (Å²) in [6.07, 6.45) is 2.49. The van der Waals surface area contributed by atoms with E-state index in [1.807, 2.05) is 13.0 Å². The molecule has 0 fully saturated rings. The van der Waals surface area contributed by atoms with Gasteiger partial charge in [0.2, 0.25) is 0 Å². The largest absolute Gasteiger partial charge is 0.493 e. The van der Waals surface area contributed by atoms with Gasteiger partial charge in [0.05, 0.1) is 25.3 Å². The van der Waals surface area contributed by atoms with Gasteiger partial charge in [0, 0.05) is 12.1 Å². The van der Waals surface area contributed by atoms with Gasteiger partial charge in [0.1, 0.15) is 4.90 Å². The molecule has 0 aromatic heterocycles. The van der Waals surface area contributed by atoms with Crippen molar-refractivity contribution in [3.8, 4) is 17.6 Å². The van der Waals surface area contributed by atoms with Crippen molar-refractivity contribution in [3.63, 3.8) is 0 Å². The summed E-state index contributed by atoms with van der Waals surface area (Å²) in [4.78, 5) is 11.5. The highest BCUT2D eigenvalue weighted by Crippen LogP contribution is 2.33. The Kier molecular flexibility index (Phi) is 6.79. The molecule has 2 aromatic carbocycles. The number of methoxy groups -OCH3 is 1. The minimum Gasteiger partial charge on any atom is -0.493 e. The van der Waals surface area contributed by atoms with E-state index in [0.29, 0.717) is 0 Å². The van der Waals surface area contributed by atoms with Gasteiger partial charge in [0.15, 0.2) is 11.5 Å². The molecule has 0 bridgehead atoms. The predicted molar refractivity (Wildman–Crippen MR) is 102 cm³/mol. The molecule has 0 heterocycles. The number of esters is 1. The quantitative estimate of drug-likeness (QED) is 0.399. The zero-order valence-electron chi connectivity index (χ0n) is 15.6. The van der Waals surface area contributed by atoms with Crippen molar-refractivity contribution < 1.29 is 26.9 Å². The topological polar surface area (TPSA) is 103 Å². The number of carbonyl (C=O) groups is 1. The highest BCUT2D eigenvalue weighted by Gasteiger charge is 2.20. The van der Waals surface area contributed by atoms with Crippen LogP contribution in [0.4, 0.5) is 0 Å². The molecule has 0 radical (unpaired) electrons. The zero-order chi connectivity index (χ0) is 20.7. The van der Waals surface area contributed by atoms with Crippen LogP contribution in [0.15, 0.2) is 47.4 Å². The monoisotopic (exact) mass is 401 g/mol. The van der Waals surface area contributed by atoms with Crippen molar-refractivity contribution in [2.24, 2.45) is 0 Å². The Labute approximate surface area is 163 Å². The molecule has 0 saturated heterocycles. The SMILES string of the molecule is CCOC(=O)/C=C/c1cc(OS(=O)(=O)c2ccc(C)cc2)c(OC)cc1C#N. The number of hydrogen-bond donors (Lipinski definition) is 0. The van der Waals surface area contributed by atoms with Crippen LogP contribution in [0.25, 0.3) is 6.08 Å². The molecule has 146 valence electrons. The number of nitrogens with zero attached hydrogens (tertiary/aromatic N) is 1. The first-order valence-corrected chi connectivity index (χ1v) is 9.69. The molecule has 0 atom stereocenters. The van der Waals surface area contributed by atoms with Gasteiger partial charge in [-0.3, -0.25) is 0 Å². The second kappa shape index (κ2) is 9.06. The third-order valence-corrected chi connectivity index (χ3v) is 4.90. The molecule has 0 spiro atoms. The number of ether oxygens (including phenoxy) is 2. The Hall–Kier alpha value is -3.31. The maximum absolute atomic E-state index is 12.6. The molecular weight excluding hydrogens is 382 g/mol. The first-order valence-electron chi connectivity index (χ1n) is 8.29. The maximum Gasteiger partial charge on any atom is 0.339 e. The summed E-state index contributed by atoms with van der Waals surface area (Å²) < 4.78 is 40.3. The lowest BCUT2D eigenvalue weighted by Crippen LogP contribution is -2.11. The van der Waals surface area contributed by atoms with Gasteiger partial charge in [-0.2, -0.15) is 13.7 Å². The van der Waals surface area contributed by atoms with Crippen molar-refractivity contribution in [3.05, 3.63) is 59.2 Å². The predicted octanol–water partition coefficient (Wildman–Crippen LogP) is 3.22. The summed E-state index contributed by atoms with van der Waals surface area (Å²) in [6.45, 7) is 3.71. The number of hydrogen-bond acceptors (Lipinski definition) is 7. The Morgan fingerprint density at radius 3 is 2.43 bits per heavy atom. The second-order valence-corrected chi connectivity index (χ2v) is 7.18. The molecule has 7 nitrogen and oxygen atoms in total. The van der Waals surface area contributed by atoms with Gasteiger partial charge in [-0.05, 0) is 43.7 Å². The summed E-state index contributed by atoms with van der Waals surface area (Å²) in [5.41, 5.74) is 1.37. The minimum atomic E-state index is -4.12. The van der Waals surface area contributed by atoms with E-state index in [4.69, 9.17) is 13.7 Å². The van der Waals surface area contributed by atoms with E-state index in [1.165, 1.54) is 37.5 Å². The first kappa shape index (κ1) is 21.0. The van der Waals surface area contributed by atoms with Crippen LogP contribution < -0.4 is 8.92 Å². The fourth-order valence-corrected chi connectivity index (χ4v) is 3.19. The molecule has 0 aliphatic carbocycles. The lowest BCUT2D eigenvalue weighted by atomic mass is 10.1. The average molecular weight is 401 g/mol. The molecule has 8 heteroatoms. The summed E-state index contributed by atoms with van der Waals surface area (Å²) in [7, 11) is -2.79. The van der Waals surface area contributed by atoms with Crippen molar-refractivity contribution in [1.29, 1.82) is 5.26 Å². The molecule has 0 aliphatic heterocycles. The van der Waals surface area contributed by atoms with E-state index in [2.05, 4.69) is 0 Å². The molecule has 0 saturated carbocycles. The van der Waals surface area contributed by atoms with E-state index < -0.39 is 16.1 Å². The molecule has 0 unspecified atom stereocenters. The lowest BCUT2D eigenvalue weighted by molar-refractivity contribution is -0.137. The molecule has 2 aromatic rings. The van der Waals surface area contributed by atoms with Gasteiger partial charge in [-0.15, -0.1) is 0 Å². The van der Waals surface area contributed by atoms with E-state index in [9.17, 15) is 18.5 Å². The van der Waals surface area contributed by atoms with Crippen molar-refractivity contribution in [2.75, 3.05) is 13.7 Å². The summed E-state index contributed by atoms with van der Waals surface area (Å²) in [5.74, 6) is -0.622. The van der Waals surface area contributed by atoms with Crippen LogP contribution >= 0.6 is 0 Å². The number of aryl methyl sites for hydroxylation is 1. The molecule has 0 N–H and O–H groups in total. The summed E-state index contributed by atoms with van der Waals surface area (Å²) in [5, 5.41) is 9.32. The third-order valence-electron chi connectivity index (χ3n) is 3.65. The van der Waals surface area contributed by atoms with Gasteiger partial charge in [0.25, 0.3) is 0 Å². The van der Waals surface area contributed by atoms with Crippen LogP contribution in [0.2, 0.25) is 0 Å². The van der Waals surface area contributed by atoms with Gasteiger partial charge >= 0.3 is 16.1 Å². The summed E-state index contributed by atoms with van der Waals surface area (Å²) in [6, 6.07) is 10.8. The Bertz CT molecular complexity index is 1030. The number of carbonyl (C=O) groups excluding carboxylic acids is 1. The Morgan fingerprint density at radius 2 is 1.86 bits per heavy atom. The fourth-order valence-electron chi connectivity index (χ4n) is 2.25. The molecule has 0 aliphatic rings. The minimum absolute atomic E-state index is 0.0203. The van der Waals surface area contributed by atoms with Crippen LogP contribution in [0.5, 0.6) is 11.5 Å².